The van der Waals surface area contributed by atoms with E-state index in [1.807, 2.05) is 26.0 Å². The van der Waals surface area contributed by atoms with Crippen molar-refractivity contribution in [2.24, 2.45) is 11.7 Å². The fourth-order valence-electron chi connectivity index (χ4n) is 0.939. The van der Waals surface area contributed by atoms with Crippen LogP contribution < -0.4 is 11.1 Å². The van der Waals surface area contributed by atoms with Gasteiger partial charge in [-0.3, -0.25) is 4.79 Å². The topological polar surface area (TPSA) is 55.1 Å². The summed E-state index contributed by atoms with van der Waals surface area (Å²) >= 11 is 0. The summed E-state index contributed by atoms with van der Waals surface area (Å²) in [5, 5.41) is 2.76. The second-order valence-electron chi connectivity index (χ2n) is 3.46. The Hall–Kier alpha value is -1.35. The molecule has 1 rings (SSSR count). The molecule has 1 radical (unpaired) electrons. The van der Waals surface area contributed by atoms with Crippen molar-refractivity contribution in [1.82, 2.24) is 0 Å². The van der Waals surface area contributed by atoms with E-state index in [2.05, 4.69) is 11.4 Å². The summed E-state index contributed by atoms with van der Waals surface area (Å²) in [5.74, 6) is -0.0145. The summed E-state index contributed by atoms with van der Waals surface area (Å²) in [6, 6.07) is 8.44. The lowest BCUT2D eigenvalue weighted by atomic mass is 10.2. The van der Waals surface area contributed by atoms with Crippen LogP contribution in [0.25, 0.3) is 0 Å². The van der Waals surface area contributed by atoms with Crippen LogP contribution in [0.5, 0.6) is 0 Å². The van der Waals surface area contributed by atoms with Crippen LogP contribution in [-0.4, -0.2) is 5.91 Å². The first-order valence-corrected chi connectivity index (χ1v) is 4.65. The first kappa shape index (κ1) is 10.7. The van der Waals surface area contributed by atoms with Crippen molar-refractivity contribution in [2.75, 3.05) is 5.32 Å². The SMILES string of the molecule is CC(C)C(=O)Nc1[c]cc(CN)cc1. The zero-order valence-electron chi connectivity index (χ0n) is 8.50. The van der Waals surface area contributed by atoms with Crippen molar-refractivity contribution < 1.29 is 4.79 Å². The van der Waals surface area contributed by atoms with Crippen LogP contribution in [-0.2, 0) is 11.3 Å². The van der Waals surface area contributed by atoms with Crippen molar-refractivity contribution in [3.05, 3.63) is 29.8 Å². The Bertz CT molecular complexity index is 304. The number of amides is 1. The molecule has 0 unspecified atom stereocenters. The van der Waals surface area contributed by atoms with E-state index in [4.69, 9.17) is 5.73 Å². The molecule has 0 aliphatic rings. The smallest absolute Gasteiger partial charge is 0.226 e. The lowest BCUT2D eigenvalue weighted by Crippen LogP contribution is -2.17. The highest BCUT2D eigenvalue weighted by molar-refractivity contribution is 5.91. The Morgan fingerprint density at radius 1 is 1.57 bits per heavy atom. The Balaban J connectivity index is 2.64. The van der Waals surface area contributed by atoms with Gasteiger partial charge in [0, 0.05) is 24.2 Å². The van der Waals surface area contributed by atoms with Crippen molar-refractivity contribution >= 4 is 11.6 Å². The normalized spacial score (nSPS) is 10.3. The van der Waals surface area contributed by atoms with Crippen LogP contribution in [0.15, 0.2) is 18.2 Å². The number of rotatable bonds is 3. The molecule has 0 fully saturated rings. The lowest BCUT2D eigenvalue weighted by Gasteiger charge is -2.07. The summed E-state index contributed by atoms with van der Waals surface area (Å²) in [6.45, 7) is 4.20. The van der Waals surface area contributed by atoms with Gasteiger partial charge in [0.2, 0.25) is 5.91 Å². The molecule has 75 valence electrons. The molecule has 0 spiro atoms. The van der Waals surface area contributed by atoms with Crippen LogP contribution >= 0.6 is 0 Å². The van der Waals surface area contributed by atoms with E-state index < -0.39 is 0 Å². The number of benzene rings is 1. The second-order valence-corrected chi connectivity index (χ2v) is 3.46. The Labute approximate surface area is 84.3 Å². The third kappa shape index (κ3) is 2.85. The predicted molar refractivity (Wildman–Crippen MR) is 56.6 cm³/mol. The summed E-state index contributed by atoms with van der Waals surface area (Å²) < 4.78 is 0. The maximum Gasteiger partial charge on any atom is 0.226 e. The minimum atomic E-state index is -0.0161. The molecule has 1 amide bonds. The van der Waals surface area contributed by atoms with Gasteiger partial charge in [-0.25, -0.2) is 0 Å². The monoisotopic (exact) mass is 191 g/mol. The van der Waals surface area contributed by atoms with Crippen LogP contribution in [0.1, 0.15) is 19.4 Å². The number of nitrogens with two attached hydrogens (primary N) is 1. The molecule has 3 heteroatoms. The molecular formula is C11H15N2O. The van der Waals surface area contributed by atoms with Gasteiger partial charge in [0.25, 0.3) is 0 Å². The van der Waals surface area contributed by atoms with E-state index in [0.29, 0.717) is 12.2 Å². The fraction of sp³-hybridized carbons (Fsp3) is 0.364. The summed E-state index contributed by atoms with van der Waals surface area (Å²) in [7, 11) is 0. The molecule has 3 N–H and O–H groups in total. The highest BCUT2D eigenvalue weighted by atomic mass is 16.1. The molecule has 0 aliphatic heterocycles. The maximum absolute atomic E-state index is 11.3. The fourth-order valence-corrected chi connectivity index (χ4v) is 0.939. The lowest BCUT2D eigenvalue weighted by molar-refractivity contribution is -0.118. The Kier molecular flexibility index (Phi) is 3.65. The summed E-state index contributed by atoms with van der Waals surface area (Å²) in [4.78, 5) is 11.3. The van der Waals surface area contributed by atoms with E-state index in [9.17, 15) is 4.79 Å². The van der Waals surface area contributed by atoms with Crippen LogP contribution in [0.2, 0.25) is 0 Å². The molecule has 0 aliphatic carbocycles. The molecule has 0 saturated carbocycles. The molecule has 0 atom stereocenters. The quantitative estimate of drug-likeness (QED) is 0.761. The first-order chi connectivity index (χ1) is 6.63. The van der Waals surface area contributed by atoms with Gasteiger partial charge in [0.1, 0.15) is 0 Å². The standard InChI is InChI=1S/C11H15N2O/c1-8(2)11(14)13-10-5-3-9(7-12)4-6-10/h3-5,8H,7,12H2,1-2H3,(H,13,14). The van der Waals surface area contributed by atoms with Gasteiger partial charge in [-0.1, -0.05) is 19.9 Å². The second kappa shape index (κ2) is 4.77. The average molecular weight is 191 g/mol. The molecule has 0 aromatic heterocycles. The number of nitrogens with one attached hydrogen (secondary N) is 1. The number of hydrogen-bond donors (Lipinski definition) is 2. The van der Waals surface area contributed by atoms with Crippen molar-refractivity contribution in [3.63, 3.8) is 0 Å². The zero-order valence-corrected chi connectivity index (χ0v) is 8.50. The average Bonchev–Trinajstić information content (AvgIpc) is 2.19. The number of carbonyl (C=O) groups excluding carboxylic acids is 1. The number of carbonyl (C=O) groups is 1. The third-order valence-corrected chi connectivity index (χ3v) is 1.90. The van der Waals surface area contributed by atoms with Gasteiger partial charge in [-0.2, -0.15) is 0 Å². The molecule has 1 aromatic carbocycles. The van der Waals surface area contributed by atoms with Crippen molar-refractivity contribution in [2.45, 2.75) is 20.4 Å². The van der Waals surface area contributed by atoms with Crippen molar-refractivity contribution in [3.8, 4) is 0 Å². The van der Waals surface area contributed by atoms with Crippen LogP contribution in [0.3, 0.4) is 0 Å². The third-order valence-electron chi connectivity index (χ3n) is 1.90. The minimum Gasteiger partial charge on any atom is -0.326 e. The van der Waals surface area contributed by atoms with Gasteiger partial charge in [0.15, 0.2) is 0 Å². The van der Waals surface area contributed by atoms with Gasteiger partial charge >= 0.3 is 0 Å². The van der Waals surface area contributed by atoms with E-state index in [-0.39, 0.29) is 11.8 Å². The maximum atomic E-state index is 11.3. The van der Waals surface area contributed by atoms with Gasteiger partial charge < -0.3 is 11.1 Å². The van der Waals surface area contributed by atoms with E-state index in [1.165, 1.54) is 0 Å². The molecular weight excluding hydrogens is 176 g/mol. The molecule has 0 heterocycles. The Morgan fingerprint density at radius 2 is 2.29 bits per heavy atom. The molecule has 0 saturated heterocycles. The van der Waals surface area contributed by atoms with Crippen LogP contribution in [0, 0.1) is 12.0 Å². The molecule has 0 bridgehead atoms. The van der Waals surface area contributed by atoms with Crippen molar-refractivity contribution in [1.29, 1.82) is 0 Å². The van der Waals surface area contributed by atoms with E-state index >= 15 is 0 Å². The summed E-state index contributed by atoms with van der Waals surface area (Å²) in [6.07, 6.45) is 0. The molecule has 3 nitrogen and oxygen atoms in total. The van der Waals surface area contributed by atoms with E-state index in [0.717, 1.165) is 5.56 Å². The Morgan fingerprint density at radius 3 is 2.71 bits per heavy atom. The predicted octanol–water partition coefficient (Wildman–Crippen LogP) is 1.54. The zero-order chi connectivity index (χ0) is 10.6. The molecule has 14 heavy (non-hydrogen) atoms. The highest BCUT2D eigenvalue weighted by Crippen LogP contribution is 2.09. The highest BCUT2D eigenvalue weighted by Gasteiger charge is 2.06. The van der Waals surface area contributed by atoms with Gasteiger partial charge in [0.05, 0.1) is 0 Å². The van der Waals surface area contributed by atoms with Gasteiger partial charge in [-0.15, -0.1) is 0 Å². The summed E-state index contributed by atoms with van der Waals surface area (Å²) in [5.41, 5.74) is 7.14. The molecule has 1 aromatic rings. The number of hydrogen-bond acceptors (Lipinski definition) is 2. The number of anilines is 1. The van der Waals surface area contributed by atoms with Gasteiger partial charge in [-0.05, 0) is 17.7 Å². The van der Waals surface area contributed by atoms with E-state index in [1.54, 1.807) is 6.07 Å². The first-order valence-electron chi connectivity index (χ1n) is 4.65. The largest absolute Gasteiger partial charge is 0.326 e. The minimum absolute atomic E-state index is 0.00162. The van der Waals surface area contributed by atoms with Crippen LogP contribution in [0.4, 0.5) is 5.69 Å².